The third kappa shape index (κ3) is 5.95. The van der Waals surface area contributed by atoms with Crippen molar-refractivity contribution in [1.82, 2.24) is 10.6 Å². The Kier molecular flexibility index (Phi) is 6.68. The Labute approximate surface area is 133 Å². The zero-order valence-corrected chi connectivity index (χ0v) is 13.5. The van der Waals surface area contributed by atoms with Crippen molar-refractivity contribution in [3.8, 4) is 0 Å². The number of nitrogens with one attached hydrogen (secondary N) is 2. The standard InChI is InChI=1S/C17H30N2O3/c20-15(19-14-7-3-1-4-8-14)9-12-18-16(21)13-17(22)10-5-2-6-11-17/h14,22H,1-13H2,(H,18,21)(H,19,20). The largest absolute Gasteiger partial charge is 0.389 e. The normalized spacial score (nSPS) is 22.0. The minimum Gasteiger partial charge on any atom is -0.389 e. The van der Waals surface area contributed by atoms with Gasteiger partial charge in [0.25, 0.3) is 0 Å². The fourth-order valence-electron chi connectivity index (χ4n) is 3.61. The molecule has 2 rings (SSSR count). The number of carbonyl (C=O) groups is 2. The van der Waals surface area contributed by atoms with Crippen molar-refractivity contribution in [1.29, 1.82) is 0 Å². The van der Waals surface area contributed by atoms with Gasteiger partial charge in [0.1, 0.15) is 0 Å². The van der Waals surface area contributed by atoms with Crippen molar-refractivity contribution < 1.29 is 14.7 Å². The van der Waals surface area contributed by atoms with Crippen LogP contribution in [0.5, 0.6) is 0 Å². The van der Waals surface area contributed by atoms with Crippen molar-refractivity contribution in [3.63, 3.8) is 0 Å². The molecule has 2 aliphatic rings. The summed E-state index contributed by atoms with van der Waals surface area (Å²) in [5.41, 5.74) is -0.827. The van der Waals surface area contributed by atoms with Gasteiger partial charge in [0.2, 0.25) is 11.8 Å². The maximum atomic E-state index is 11.9. The van der Waals surface area contributed by atoms with E-state index >= 15 is 0 Å². The molecular formula is C17H30N2O3. The molecule has 0 spiro atoms. The average molecular weight is 310 g/mol. The maximum Gasteiger partial charge on any atom is 0.222 e. The second-order valence-corrected chi connectivity index (χ2v) is 6.96. The minimum atomic E-state index is -0.827. The van der Waals surface area contributed by atoms with Crippen molar-refractivity contribution in [2.75, 3.05) is 6.54 Å². The lowest BCUT2D eigenvalue weighted by molar-refractivity contribution is -0.127. The highest BCUT2D eigenvalue weighted by Crippen LogP contribution is 2.30. The molecule has 0 atom stereocenters. The van der Waals surface area contributed by atoms with Gasteiger partial charge in [-0.2, -0.15) is 0 Å². The van der Waals surface area contributed by atoms with Crippen molar-refractivity contribution in [2.24, 2.45) is 0 Å². The summed E-state index contributed by atoms with van der Waals surface area (Å²) in [6.07, 6.45) is 10.8. The van der Waals surface area contributed by atoms with Gasteiger partial charge in [0.15, 0.2) is 0 Å². The highest BCUT2D eigenvalue weighted by Gasteiger charge is 2.31. The van der Waals surface area contributed by atoms with Crippen LogP contribution in [0.3, 0.4) is 0 Å². The maximum absolute atomic E-state index is 11.9. The lowest BCUT2D eigenvalue weighted by atomic mass is 9.82. The first-order chi connectivity index (χ1) is 10.6. The molecule has 0 aromatic rings. The predicted molar refractivity (Wildman–Crippen MR) is 85.3 cm³/mol. The van der Waals surface area contributed by atoms with E-state index in [9.17, 15) is 14.7 Å². The first kappa shape index (κ1) is 17.3. The molecule has 5 heteroatoms. The van der Waals surface area contributed by atoms with E-state index in [1.54, 1.807) is 0 Å². The van der Waals surface area contributed by atoms with E-state index in [1.165, 1.54) is 19.3 Å². The molecule has 0 saturated heterocycles. The third-order valence-electron chi connectivity index (χ3n) is 4.92. The Balaban J connectivity index is 1.58. The molecule has 0 aromatic heterocycles. The van der Waals surface area contributed by atoms with Gasteiger partial charge in [-0.1, -0.05) is 38.5 Å². The van der Waals surface area contributed by atoms with Crippen LogP contribution in [0.2, 0.25) is 0 Å². The van der Waals surface area contributed by atoms with Crippen molar-refractivity contribution >= 4 is 11.8 Å². The van der Waals surface area contributed by atoms with E-state index < -0.39 is 5.60 Å². The first-order valence-corrected chi connectivity index (χ1v) is 8.86. The van der Waals surface area contributed by atoms with Crippen molar-refractivity contribution in [3.05, 3.63) is 0 Å². The lowest BCUT2D eigenvalue weighted by Crippen LogP contribution is -2.40. The minimum absolute atomic E-state index is 0.0172. The zero-order valence-electron chi connectivity index (χ0n) is 13.5. The third-order valence-corrected chi connectivity index (χ3v) is 4.92. The Bertz CT molecular complexity index is 372. The predicted octanol–water partition coefficient (Wildman–Crippen LogP) is 2.03. The van der Waals surface area contributed by atoms with Gasteiger partial charge in [-0.3, -0.25) is 9.59 Å². The molecule has 0 radical (unpaired) electrons. The second kappa shape index (κ2) is 8.51. The van der Waals surface area contributed by atoms with Crippen LogP contribution in [0, 0.1) is 0 Å². The van der Waals surface area contributed by atoms with Crippen LogP contribution < -0.4 is 10.6 Å². The summed E-state index contributed by atoms with van der Waals surface area (Å²) in [5.74, 6) is -0.126. The Morgan fingerprint density at radius 3 is 2.27 bits per heavy atom. The SMILES string of the molecule is O=C(CC1(O)CCCCC1)NCCC(=O)NC1CCCCC1. The summed E-state index contributed by atoms with van der Waals surface area (Å²) in [7, 11) is 0. The molecule has 2 saturated carbocycles. The molecule has 2 amide bonds. The van der Waals surface area contributed by atoms with Gasteiger partial charge in [0.05, 0.1) is 12.0 Å². The molecule has 0 heterocycles. The zero-order chi connectivity index (χ0) is 15.8. The molecule has 3 N–H and O–H groups in total. The summed E-state index contributed by atoms with van der Waals surface area (Å²) in [4.78, 5) is 23.7. The Hall–Kier alpha value is -1.10. The molecule has 2 fully saturated rings. The molecule has 22 heavy (non-hydrogen) atoms. The summed E-state index contributed by atoms with van der Waals surface area (Å²) >= 11 is 0. The van der Waals surface area contributed by atoms with Gasteiger partial charge in [0, 0.05) is 19.0 Å². The fourth-order valence-corrected chi connectivity index (χ4v) is 3.61. The summed E-state index contributed by atoms with van der Waals surface area (Å²) in [6.45, 7) is 0.355. The van der Waals surface area contributed by atoms with E-state index in [-0.39, 0.29) is 18.2 Å². The van der Waals surface area contributed by atoms with Gasteiger partial charge >= 0.3 is 0 Å². The second-order valence-electron chi connectivity index (χ2n) is 6.96. The number of hydrogen-bond acceptors (Lipinski definition) is 3. The van der Waals surface area contributed by atoms with Crippen LogP contribution in [-0.4, -0.2) is 35.1 Å². The van der Waals surface area contributed by atoms with Gasteiger partial charge in [-0.25, -0.2) is 0 Å². The molecule has 0 bridgehead atoms. The number of rotatable bonds is 6. The van der Waals surface area contributed by atoms with E-state index in [4.69, 9.17) is 0 Å². The number of amides is 2. The van der Waals surface area contributed by atoms with Crippen LogP contribution in [0.4, 0.5) is 0 Å². The molecule has 5 nitrogen and oxygen atoms in total. The Morgan fingerprint density at radius 2 is 1.59 bits per heavy atom. The summed E-state index contributed by atoms with van der Waals surface area (Å²) < 4.78 is 0. The van der Waals surface area contributed by atoms with E-state index in [0.717, 1.165) is 32.1 Å². The number of carbonyl (C=O) groups excluding carboxylic acids is 2. The van der Waals surface area contributed by atoms with Crippen LogP contribution in [0.1, 0.15) is 77.0 Å². The highest BCUT2D eigenvalue weighted by atomic mass is 16.3. The summed E-state index contributed by atoms with van der Waals surface area (Å²) in [6, 6.07) is 0.319. The average Bonchev–Trinajstić information content (AvgIpc) is 2.48. The lowest BCUT2D eigenvalue weighted by Gasteiger charge is -2.31. The van der Waals surface area contributed by atoms with Gasteiger partial charge < -0.3 is 15.7 Å². The fraction of sp³-hybridized carbons (Fsp3) is 0.882. The quantitative estimate of drug-likeness (QED) is 0.702. The molecule has 2 aliphatic carbocycles. The van der Waals surface area contributed by atoms with E-state index in [2.05, 4.69) is 10.6 Å². The van der Waals surface area contributed by atoms with Gasteiger partial charge in [-0.15, -0.1) is 0 Å². The monoisotopic (exact) mass is 310 g/mol. The number of aliphatic hydroxyl groups is 1. The topological polar surface area (TPSA) is 78.4 Å². The van der Waals surface area contributed by atoms with E-state index in [1.807, 2.05) is 0 Å². The van der Waals surface area contributed by atoms with Crippen molar-refractivity contribution in [2.45, 2.75) is 88.7 Å². The first-order valence-electron chi connectivity index (χ1n) is 8.86. The molecule has 126 valence electrons. The van der Waals surface area contributed by atoms with Crippen LogP contribution in [0.25, 0.3) is 0 Å². The summed E-state index contributed by atoms with van der Waals surface area (Å²) in [5, 5.41) is 16.1. The number of hydrogen-bond donors (Lipinski definition) is 3. The van der Waals surface area contributed by atoms with Crippen LogP contribution in [0.15, 0.2) is 0 Å². The van der Waals surface area contributed by atoms with Gasteiger partial charge in [-0.05, 0) is 25.7 Å². The smallest absolute Gasteiger partial charge is 0.222 e. The molecule has 0 unspecified atom stereocenters. The highest BCUT2D eigenvalue weighted by molar-refractivity contribution is 5.79. The van der Waals surface area contributed by atoms with Crippen LogP contribution >= 0.6 is 0 Å². The molecule has 0 aliphatic heterocycles. The molecule has 0 aromatic carbocycles. The molecular weight excluding hydrogens is 280 g/mol. The Morgan fingerprint density at radius 1 is 0.955 bits per heavy atom. The van der Waals surface area contributed by atoms with E-state index in [0.29, 0.717) is 31.8 Å². The van der Waals surface area contributed by atoms with Crippen LogP contribution in [-0.2, 0) is 9.59 Å².